The molecule has 0 aliphatic carbocycles. The average molecular weight is 643 g/mol. The number of rotatable bonds is 13. The predicted octanol–water partition coefficient (Wildman–Crippen LogP) is 5.76. The number of amides is 1. The summed E-state index contributed by atoms with van der Waals surface area (Å²) >= 11 is 1.34. The zero-order valence-corrected chi connectivity index (χ0v) is 25.7. The van der Waals surface area contributed by atoms with Crippen molar-refractivity contribution in [3.05, 3.63) is 119 Å². The van der Waals surface area contributed by atoms with Crippen LogP contribution < -0.4 is 5.32 Å². The third kappa shape index (κ3) is 8.79. The number of nitrogens with one attached hydrogen (secondary N) is 1. The van der Waals surface area contributed by atoms with Gasteiger partial charge in [0.25, 0.3) is 0 Å². The van der Waals surface area contributed by atoms with E-state index in [1.807, 2.05) is 72.8 Å². The number of aliphatic hydroxyl groups excluding tert-OH is 1. The number of benzene rings is 3. The van der Waals surface area contributed by atoms with Gasteiger partial charge in [0.1, 0.15) is 5.03 Å². The minimum atomic E-state index is -1.03. The van der Waals surface area contributed by atoms with E-state index in [4.69, 9.17) is 14.6 Å². The van der Waals surface area contributed by atoms with Gasteiger partial charge in [0.15, 0.2) is 6.29 Å². The first-order valence-corrected chi connectivity index (χ1v) is 15.8. The molecule has 0 radical (unpaired) electrons. The maximum Gasteiger partial charge on any atom is 0.338 e. The Balaban J connectivity index is 1.30. The minimum absolute atomic E-state index is 0.0521. The third-order valence-electron chi connectivity index (χ3n) is 7.52. The van der Waals surface area contributed by atoms with Crippen molar-refractivity contribution in [2.45, 2.75) is 55.9 Å². The molecular weight excluding hydrogens is 608 g/mol. The Kier molecular flexibility index (Phi) is 11.2. The van der Waals surface area contributed by atoms with Crippen molar-refractivity contribution >= 4 is 29.6 Å². The predicted molar refractivity (Wildman–Crippen MR) is 171 cm³/mol. The van der Waals surface area contributed by atoms with Crippen LogP contribution in [0.3, 0.4) is 0 Å². The molecule has 1 aromatic heterocycles. The molecule has 0 saturated carbocycles. The molecule has 2 heterocycles. The number of hydrogen-bond acceptors (Lipinski definition) is 8. The molecule has 4 aromatic rings. The van der Waals surface area contributed by atoms with Gasteiger partial charge in [-0.15, -0.1) is 11.8 Å². The van der Waals surface area contributed by atoms with Crippen molar-refractivity contribution in [3.8, 4) is 11.1 Å². The second kappa shape index (κ2) is 15.6. The normalized spacial score (nSPS) is 17.7. The summed E-state index contributed by atoms with van der Waals surface area (Å²) in [6, 6.07) is 26.3. The Bertz CT molecular complexity index is 1660. The zero-order valence-electron chi connectivity index (χ0n) is 24.9. The number of thioether (sulfide) groups is 1. The number of carbonyl (C=O) groups excluding carboxylic acids is 1. The van der Waals surface area contributed by atoms with Crippen LogP contribution in [0.2, 0.25) is 0 Å². The largest absolute Gasteiger partial charge is 0.481 e. The number of aromatic carboxylic acids is 1. The van der Waals surface area contributed by atoms with Crippen molar-refractivity contribution in [1.82, 2.24) is 10.3 Å². The fourth-order valence-electron chi connectivity index (χ4n) is 5.07. The van der Waals surface area contributed by atoms with E-state index < -0.39 is 18.2 Å². The molecule has 0 unspecified atom stereocenters. The lowest BCUT2D eigenvalue weighted by molar-refractivity contribution is -0.245. The molecule has 4 N–H and O–H groups in total. The molecule has 5 rings (SSSR count). The average Bonchev–Trinajstić information content (AvgIpc) is 3.09. The molecule has 1 saturated heterocycles. The Labute approximate surface area is 270 Å². The molecule has 11 heteroatoms. The van der Waals surface area contributed by atoms with Crippen LogP contribution in [0.5, 0.6) is 0 Å². The Morgan fingerprint density at radius 3 is 2.33 bits per heavy atom. The summed E-state index contributed by atoms with van der Waals surface area (Å²) in [4.78, 5) is 38.6. The highest BCUT2D eigenvalue weighted by molar-refractivity contribution is 7.99. The molecule has 0 bridgehead atoms. The van der Waals surface area contributed by atoms with E-state index in [9.17, 15) is 24.6 Å². The number of carboxylic acid groups (broad SMARTS) is 2. The molecule has 46 heavy (non-hydrogen) atoms. The number of ether oxygens (including phenoxy) is 2. The van der Waals surface area contributed by atoms with Crippen molar-refractivity contribution in [2.75, 3.05) is 5.75 Å². The molecule has 1 aliphatic rings. The van der Waals surface area contributed by atoms with E-state index in [1.54, 1.807) is 12.3 Å². The van der Waals surface area contributed by atoms with Gasteiger partial charge in [-0.1, -0.05) is 66.7 Å². The van der Waals surface area contributed by atoms with Crippen LogP contribution in [0.4, 0.5) is 0 Å². The number of aliphatic carboxylic acids is 1. The SMILES string of the molecule is O=C(O)CCC(=O)NCc1cccc(-c2ccc([C@H]3O[C@@H](CSc4ncccc4C(=O)O)C[C@@H](c4ccc(CO)cc4)O3)cc2)c1. The van der Waals surface area contributed by atoms with Crippen LogP contribution >= 0.6 is 11.8 Å². The number of nitrogens with zero attached hydrogens (tertiary/aromatic N) is 1. The van der Waals surface area contributed by atoms with Gasteiger partial charge in [-0.25, -0.2) is 9.78 Å². The summed E-state index contributed by atoms with van der Waals surface area (Å²) in [5, 5.41) is 31.0. The second-order valence-electron chi connectivity index (χ2n) is 10.8. The van der Waals surface area contributed by atoms with Gasteiger partial charge < -0.3 is 30.1 Å². The number of aromatic nitrogens is 1. The van der Waals surface area contributed by atoms with Crippen LogP contribution in [-0.4, -0.2) is 50.0 Å². The van der Waals surface area contributed by atoms with Crippen LogP contribution in [0.1, 0.15) is 64.3 Å². The van der Waals surface area contributed by atoms with Crippen molar-refractivity contribution in [2.24, 2.45) is 0 Å². The Morgan fingerprint density at radius 1 is 0.848 bits per heavy atom. The fourth-order valence-corrected chi connectivity index (χ4v) is 6.07. The molecule has 10 nitrogen and oxygen atoms in total. The number of carboxylic acids is 2. The first-order chi connectivity index (χ1) is 22.3. The summed E-state index contributed by atoms with van der Waals surface area (Å²) in [7, 11) is 0. The van der Waals surface area contributed by atoms with Crippen molar-refractivity contribution < 1.29 is 39.2 Å². The van der Waals surface area contributed by atoms with Gasteiger partial charge in [0.2, 0.25) is 5.91 Å². The van der Waals surface area contributed by atoms with E-state index in [2.05, 4.69) is 10.3 Å². The molecule has 3 atom stereocenters. The van der Waals surface area contributed by atoms with Crippen molar-refractivity contribution in [3.63, 3.8) is 0 Å². The van der Waals surface area contributed by atoms with E-state index in [0.29, 0.717) is 23.7 Å². The summed E-state index contributed by atoms with van der Waals surface area (Å²) < 4.78 is 12.9. The summed E-state index contributed by atoms with van der Waals surface area (Å²) in [5.74, 6) is -1.88. The lowest BCUT2D eigenvalue weighted by Gasteiger charge is -2.36. The summed E-state index contributed by atoms with van der Waals surface area (Å²) in [6.45, 7) is 0.240. The van der Waals surface area contributed by atoms with E-state index >= 15 is 0 Å². The van der Waals surface area contributed by atoms with Crippen LogP contribution in [0, 0.1) is 0 Å². The maximum absolute atomic E-state index is 11.9. The molecule has 238 valence electrons. The standard InChI is InChI=1S/C35H34N2O8S/c38-20-22-6-8-25(9-7-22)30-18-28(21-46-33-29(34(42)43)5-2-16-36-33)44-35(45-30)26-12-10-24(11-13-26)27-4-1-3-23(17-27)19-37-31(39)14-15-32(40)41/h1-13,16-17,28,30,35,38H,14-15,18-21H2,(H,37,39)(H,40,41)(H,42,43)/t28-,30+,35+/m1/s1. The Morgan fingerprint density at radius 2 is 1.61 bits per heavy atom. The third-order valence-corrected chi connectivity index (χ3v) is 8.66. The number of pyridine rings is 1. The van der Waals surface area contributed by atoms with Gasteiger partial charge in [-0.05, 0) is 46.0 Å². The number of aliphatic hydroxyl groups is 1. The van der Waals surface area contributed by atoms with Crippen LogP contribution in [0.25, 0.3) is 11.1 Å². The van der Waals surface area contributed by atoms with Gasteiger partial charge in [-0.2, -0.15) is 0 Å². The quantitative estimate of drug-likeness (QED) is 0.132. The highest BCUT2D eigenvalue weighted by Crippen LogP contribution is 2.40. The molecule has 0 spiro atoms. The minimum Gasteiger partial charge on any atom is -0.481 e. The first-order valence-electron chi connectivity index (χ1n) is 14.8. The van der Waals surface area contributed by atoms with Crippen LogP contribution in [0.15, 0.2) is 96.2 Å². The van der Waals surface area contributed by atoms with Crippen molar-refractivity contribution in [1.29, 1.82) is 0 Å². The lowest BCUT2D eigenvalue weighted by Crippen LogP contribution is -2.31. The van der Waals surface area contributed by atoms with E-state index in [1.165, 1.54) is 17.8 Å². The van der Waals surface area contributed by atoms with Gasteiger partial charge in [0.05, 0.1) is 30.8 Å². The van der Waals surface area contributed by atoms with E-state index in [-0.39, 0.29) is 43.1 Å². The van der Waals surface area contributed by atoms with Crippen LogP contribution in [-0.2, 0) is 32.2 Å². The van der Waals surface area contributed by atoms with Gasteiger partial charge >= 0.3 is 11.9 Å². The highest BCUT2D eigenvalue weighted by atomic mass is 32.2. The zero-order chi connectivity index (χ0) is 32.5. The van der Waals surface area contributed by atoms with Gasteiger partial charge in [0, 0.05) is 36.9 Å². The molecule has 3 aromatic carbocycles. The maximum atomic E-state index is 11.9. The summed E-state index contributed by atoms with van der Waals surface area (Å²) in [6.07, 6.45) is 0.616. The monoisotopic (exact) mass is 642 g/mol. The Hall–Kier alpha value is -4.55. The summed E-state index contributed by atoms with van der Waals surface area (Å²) in [5.41, 5.74) is 5.52. The van der Waals surface area contributed by atoms with E-state index in [0.717, 1.165) is 33.4 Å². The molecular formula is C35H34N2O8S. The smallest absolute Gasteiger partial charge is 0.338 e. The number of hydrogen-bond donors (Lipinski definition) is 4. The second-order valence-corrected chi connectivity index (χ2v) is 11.8. The van der Waals surface area contributed by atoms with Gasteiger partial charge in [-0.3, -0.25) is 9.59 Å². The molecule has 1 amide bonds. The lowest BCUT2D eigenvalue weighted by atomic mass is 9.99. The molecule has 1 aliphatic heterocycles. The first kappa shape index (κ1) is 32.8. The topological polar surface area (TPSA) is 155 Å². The fraction of sp³-hybridized carbons (Fsp3) is 0.257. The molecule has 1 fully saturated rings. The number of carbonyl (C=O) groups is 3. The highest BCUT2D eigenvalue weighted by Gasteiger charge is 2.32.